The molecule has 4 rings (SSSR count). The summed E-state index contributed by atoms with van der Waals surface area (Å²) in [6, 6.07) is 11.0. The summed E-state index contributed by atoms with van der Waals surface area (Å²) >= 11 is 0. The Morgan fingerprint density at radius 3 is 2.66 bits per heavy atom. The predicted molar refractivity (Wildman–Crippen MR) is 119 cm³/mol. The number of furan rings is 1. The largest absolute Gasteiger partial charge is 0.494 e. The molecule has 0 unspecified atom stereocenters. The van der Waals surface area contributed by atoms with Gasteiger partial charge in [-0.2, -0.15) is 5.26 Å². The topological polar surface area (TPSA) is 109 Å². The molecule has 1 aromatic carbocycles. The minimum Gasteiger partial charge on any atom is -0.494 e. The monoisotopic (exact) mass is 427 g/mol. The van der Waals surface area contributed by atoms with Crippen LogP contribution in [0.15, 0.2) is 51.9 Å². The maximum atomic E-state index is 13.5. The van der Waals surface area contributed by atoms with E-state index in [-0.39, 0.29) is 29.0 Å². The number of aromatic hydroxyl groups is 1. The molecule has 0 atom stereocenters. The molecule has 0 saturated heterocycles. The quantitative estimate of drug-likeness (QED) is 0.482. The summed E-state index contributed by atoms with van der Waals surface area (Å²) in [5.74, 6) is -1.01. The summed E-state index contributed by atoms with van der Waals surface area (Å²) < 4.78 is 6.86. The number of fused-ring (bicyclic) bond motifs is 1. The summed E-state index contributed by atoms with van der Waals surface area (Å²) in [5.41, 5.74) is 2.08. The molecule has 0 spiro atoms. The van der Waals surface area contributed by atoms with E-state index in [2.05, 4.69) is 4.98 Å². The van der Waals surface area contributed by atoms with E-state index >= 15 is 0 Å². The van der Waals surface area contributed by atoms with Crippen molar-refractivity contribution >= 4 is 16.8 Å². The van der Waals surface area contributed by atoms with Crippen molar-refractivity contribution in [3.63, 3.8) is 0 Å². The van der Waals surface area contributed by atoms with Crippen LogP contribution in [-0.2, 0) is 13.0 Å². The average Bonchev–Trinajstić information content (AvgIpc) is 3.13. The van der Waals surface area contributed by atoms with Gasteiger partial charge >= 0.3 is 0 Å². The van der Waals surface area contributed by atoms with E-state index < -0.39 is 17.2 Å². The molecule has 0 aliphatic heterocycles. The highest BCUT2D eigenvalue weighted by Gasteiger charge is 2.28. The third kappa shape index (κ3) is 3.36. The number of carbonyl (C=O) groups excluding carboxylic acids is 1. The maximum Gasteiger partial charge on any atom is 0.271 e. The van der Waals surface area contributed by atoms with Gasteiger partial charge in [0.25, 0.3) is 5.56 Å². The molecule has 4 aromatic rings. The van der Waals surface area contributed by atoms with Crippen LogP contribution >= 0.6 is 0 Å². The zero-order chi connectivity index (χ0) is 23.0. The van der Waals surface area contributed by atoms with Crippen LogP contribution in [0, 0.1) is 25.2 Å². The molecule has 0 saturated carbocycles. The van der Waals surface area contributed by atoms with Crippen molar-refractivity contribution in [3.8, 4) is 11.9 Å². The third-order valence-corrected chi connectivity index (χ3v) is 5.71. The van der Waals surface area contributed by atoms with Crippen molar-refractivity contribution in [1.82, 2.24) is 9.55 Å². The molecule has 32 heavy (non-hydrogen) atoms. The van der Waals surface area contributed by atoms with Crippen LogP contribution in [0.5, 0.6) is 5.88 Å². The van der Waals surface area contributed by atoms with Crippen LogP contribution in [0.25, 0.3) is 11.0 Å². The summed E-state index contributed by atoms with van der Waals surface area (Å²) in [5, 5.41) is 21.4. The smallest absolute Gasteiger partial charge is 0.271 e. The van der Waals surface area contributed by atoms with E-state index in [0.717, 1.165) is 21.9 Å². The Labute approximate surface area is 184 Å². The lowest BCUT2D eigenvalue weighted by Crippen LogP contribution is -2.27. The highest BCUT2D eigenvalue weighted by Crippen LogP contribution is 2.32. The highest BCUT2D eigenvalue weighted by molar-refractivity contribution is 6.12. The number of nitrogens with zero attached hydrogens (tertiary/aromatic N) is 3. The molecular formula is C25H21N3O4. The van der Waals surface area contributed by atoms with Gasteiger partial charge in [-0.05, 0) is 55.2 Å². The van der Waals surface area contributed by atoms with Gasteiger partial charge in [-0.1, -0.05) is 19.1 Å². The second-order valence-electron chi connectivity index (χ2n) is 7.63. The van der Waals surface area contributed by atoms with Gasteiger partial charge in [0.15, 0.2) is 5.76 Å². The molecule has 7 heteroatoms. The Balaban J connectivity index is 1.92. The summed E-state index contributed by atoms with van der Waals surface area (Å²) in [6.45, 7) is 5.27. The second kappa shape index (κ2) is 8.16. The van der Waals surface area contributed by atoms with E-state index in [1.807, 2.05) is 31.2 Å². The maximum absolute atomic E-state index is 13.5. The molecule has 1 N–H and O–H groups in total. The number of benzene rings is 1. The minimum atomic E-state index is -0.670. The number of aryl methyl sites for hydroxylation is 2. The first-order valence-electron chi connectivity index (χ1n) is 10.2. The molecule has 3 heterocycles. The Hall–Kier alpha value is -4.18. The lowest BCUT2D eigenvalue weighted by Gasteiger charge is -2.15. The molecule has 3 aromatic heterocycles. The summed E-state index contributed by atoms with van der Waals surface area (Å²) in [7, 11) is 0. The van der Waals surface area contributed by atoms with Crippen molar-refractivity contribution in [2.45, 2.75) is 33.7 Å². The Morgan fingerprint density at radius 1 is 1.22 bits per heavy atom. The molecule has 0 aliphatic carbocycles. The molecule has 7 nitrogen and oxygen atoms in total. The van der Waals surface area contributed by atoms with E-state index in [1.165, 1.54) is 6.92 Å². The second-order valence-corrected chi connectivity index (χ2v) is 7.63. The van der Waals surface area contributed by atoms with E-state index in [4.69, 9.17) is 4.42 Å². The molecule has 160 valence electrons. The van der Waals surface area contributed by atoms with Gasteiger partial charge in [0.05, 0.1) is 12.1 Å². The van der Waals surface area contributed by atoms with E-state index in [0.29, 0.717) is 16.7 Å². The number of aromatic nitrogens is 2. The Kier molecular flexibility index (Phi) is 5.37. The van der Waals surface area contributed by atoms with Gasteiger partial charge in [0.2, 0.25) is 11.7 Å². The van der Waals surface area contributed by atoms with Crippen molar-refractivity contribution in [1.29, 1.82) is 5.26 Å². The number of carbonyl (C=O) groups is 1. The molecule has 0 amide bonds. The number of rotatable bonds is 5. The van der Waals surface area contributed by atoms with Crippen LogP contribution in [0.1, 0.15) is 50.9 Å². The first-order chi connectivity index (χ1) is 15.4. The number of nitriles is 1. The number of hydrogen-bond acceptors (Lipinski definition) is 6. The van der Waals surface area contributed by atoms with Crippen LogP contribution in [0.4, 0.5) is 0 Å². The molecule has 0 fully saturated rings. The standard InChI is InChI=1S/C25H21N3O4/c1-4-16-7-8-20-18(10-16)15(3)23(32-20)22(29)21-14(2)19(11-26)24(30)28(25(21)31)13-17-6-5-9-27-12-17/h5-10,12,31H,4,13H2,1-3H3. The predicted octanol–water partition coefficient (Wildman–Crippen LogP) is 4.03. The van der Waals surface area contributed by atoms with Gasteiger partial charge in [-0.25, -0.2) is 0 Å². The van der Waals surface area contributed by atoms with Crippen molar-refractivity contribution in [3.05, 3.63) is 92.2 Å². The lowest BCUT2D eigenvalue weighted by atomic mass is 9.98. The fourth-order valence-electron chi connectivity index (χ4n) is 3.86. The van der Waals surface area contributed by atoms with Crippen molar-refractivity contribution < 1.29 is 14.3 Å². The zero-order valence-electron chi connectivity index (χ0n) is 18.0. The Morgan fingerprint density at radius 2 is 2.00 bits per heavy atom. The zero-order valence-corrected chi connectivity index (χ0v) is 18.0. The fourth-order valence-corrected chi connectivity index (χ4v) is 3.86. The number of hydrogen-bond donors (Lipinski definition) is 1. The molecular weight excluding hydrogens is 406 g/mol. The SMILES string of the molecule is CCc1ccc2oc(C(=O)c3c(C)c(C#N)c(=O)n(Cc4cccnc4)c3O)c(C)c2c1. The number of pyridine rings is 2. The van der Waals surface area contributed by atoms with Crippen LogP contribution < -0.4 is 5.56 Å². The first kappa shape index (κ1) is 21.1. The van der Waals surface area contributed by atoms with Gasteiger partial charge in [-0.15, -0.1) is 0 Å². The van der Waals surface area contributed by atoms with E-state index in [1.54, 1.807) is 31.5 Å². The van der Waals surface area contributed by atoms with Crippen molar-refractivity contribution in [2.75, 3.05) is 0 Å². The molecule has 0 radical (unpaired) electrons. The fraction of sp³-hybridized carbons (Fsp3) is 0.200. The van der Waals surface area contributed by atoms with Crippen LogP contribution in [-0.4, -0.2) is 20.4 Å². The Bertz CT molecular complexity index is 1460. The van der Waals surface area contributed by atoms with Gasteiger partial charge in [-0.3, -0.25) is 19.1 Å². The minimum absolute atomic E-state index is 0.0350. The lowest BCUT2D eigenvalue weighted by molar-refractivity contribution is 0.101. The van der Waals surface area contributed by atoms with Crippen LogP contribution in [0.3, 0.4) is 0 Å². The summed E-state index contributed by atoms with van der Waals surface area (Å²) in [6.07, 6.45) is 3.98. The number of ketones is 1. The average molecular weight is 427 g/mol. The normalized spacial score (nSPS) is 10.9. The van der Waals surface area contributed by atoms with Crippen molar-refractivity contribution in [2.24, 2.45) is 0 Å². The van der Waals surface area contributed by atoms with Gasteiger partial charge in [0.1, 0.15) is 17.2 Å². The van der Waals surface area contributed by atoms with Gasteiger partial charge < -0.3 is 9.52 Å². The van der Waals surface area contributed by atoms with Crippen LogP contribution in [0.2, 0.25) is 0 Å². The van der Waals surface area contributed by atoms with Gasteiger partial charge in [0, 0.05) is 23.3 Å². The molecule has 0 bridgehead atoms. The summed E-state index contributed by atoms with van der Waals surface area (Å²) in [4.78, 5) is 30.4. The first-order valence-corrected chi connectivity index (χ1v) is 10.2. The highest BCUT2D eigenvalue weighted by atomic mass is 16.3. The molecule has 0 aliphatic rings. The van der Waals surface area contributed by atoms with E-state index in [9.17, 15) is 20.0 Å². The third-order valence-electron chi connectivity index (χ3n) is 5.71.